The molecular formula is C64H76N6S8Si. The van der Waals surface area contributed by atoms with Gasteiger partial charge in [-0.05, 0) is 133 Å². The Morgan fingerprint density at radius 1 is 0.405 bits per heavy atom. The van der Waals surface area contributed by atoms with Gasteiger partial charge in [-0.1, -0.05) is 131 Å². The molecule has 0 fully saturated rings. The van der Waals surface area contributed by atoms with Crippen LogP contribution in [0, 0.1) is 11.8 Å². The van der Waals surface area contributed by atoms with Crippen molar-refractivity contribution in [2.24, 2.45) is 11.8 Å². The zero-order valence-electron chi connectivity index (χ0n) is 46.9. The van der Waals surface area contributed by atoms with Gasteiger partial charge in [-0.15, -0.1) is 68.0 Å². The number of nitrogen functional groups attached to an aromatic ring is 2. The Kier molecular flexibility index (Phi) is 18.5. The van der Waals surface area contributed by atoms with E-state index >= 15 is 0 Å². The molecule has 8 aromatic heterocycles. The molecule has 2 aromatic carbocycles. The second-order valence-electron chi connectivity index (χ2n) is 22.2. The molecule has 11 rings (SSSR count). The number of hydrogen-bond acceptors (Lipinski definition) is 14. The molecule has 6 nitrogen and oxygen atoms in total. The first-order valence-electron chi connectivity index (χ1n) is 29.5. The summed E-state index contributed by atoms with van der Waals surface area (Å²) in [5, 5.41) is 3.29. The summed E-state index contributed by atoms with van der Waals surface area (Å²) in [5.41, 5.74) is 24.1. The molecule has 0 saturated heterocycles. The summed E-state index contributed by atoms with van der Waals surface area (Å²) < 4.78 is 20.3. The molecule has 4 N–H and O–H groups in total. The van der Waals surface area contributed by atoms with Gasteiger partial charge >= 0.3 is 0 Å². The molecule has 0 aliphatic carbocycles. The van der Waals surface area contributed by atoms with Crippen LogP contribution in [-0.4, -0.2) is 25.6 Å². The fourth-order valence-electron chi connectivity index (χ4n) is 12.4. The highest BCUT2D eigenvalue weighted by Crippen LogP contribution is 2.53. The number of anilines is 2. The zero-order valence-corrected chi connectivity index (χ0v) is 54.5. The second-order valence-corrected chi connectivity index (χ2v) is 33.9. The van der Waals surface area contributed by atoms with E-state index < -0.39 is 8.07 Å². The predicted octanol–water partition coefficient (Wildman–Crippen LogP) is 21.5. The molecule has 0 amide bonds. The molecule has 0 saturated carbocycles. The van der Waals surface area contributed by atoms with E-state index in [0.29, 0.717) is 11.8 Å². The van der Waals surface area contributed by atoms with E-state index in [-0.39, 0.29) is 0 Å². The average molecular weight is 1210 g/mol. The molecule has 15 heteroatoms. The molecule has 414 valence electrons. The van der Waals surface area contributed by atoms with Gasteiger partial charge < -0.3 is 11.5 Å². The van der Waals surface area contributed by atoms with E-state index in [1.54, 1.807) is 10.4 Å². The van der Waals surface area contributed by atoms with Crippen LogP contribution in [0.15, 0.2) is 72.8 Å². The lowest BCUT2D eigenvalue weighted by molar-refractivity contribution is 0.469. The van der Waals surface area contributed by atoms with Gasteiger partial charge in [0.1, 0.15) is 30.1 Å². The van der Waals surface area contributed by atoms with Crippen molar-refractivity contribution in [2.75, 3.05) is 11.5 Å². The van der Waals surface area contributed by atoms with Crippen LogP contribution in [0.5, 0.6) is 0 Å². The summed E-state index contributed by atoms with van der Waals surface area (Å²) in [4.78, 5) is 15.9. The van der Waals surface area contributed by atoms with Gasteiger partial charge in [-0.3, -0.25) is 0 Å². The lowest BCUT2D eigenvalue weighted by Gasteiger charge is -2.35. The van der Waals surface area contributed by atoms with Crippen molar-refractivity contribution in [3.8, 4) is 71.0 Å². The van der Waals surface area contributed by atoms with E-state index in [1.165, 1.54) is 187 Å². The topological polar surface area (TPSA) is 104 Å². The summed E-state index contributed by atoms with van der Waals surface area (Å²) in [6.45, 7) is 14.2. The van der Waals surface area contributed by atoms with Gasteiger partial charge in [-0.2, -0.15) is 17.5 Å². The van der Waals surface area contributed by atoms with Crippen molar-refractivity contribution in [1.82, 2.24) is 17.5 Å². The molecule has 0 spiro atoms. The molecular weight excluding hydrogens is 1140 g/mol. The van der Waals surface area contributed by atoms with Crippen LogP contribution in [0.25, 0.3) is 93.1 Å². The Bertz CT molecular complexity index is 3410. The quantitative estimate of drug-likeness (QED) is 0.0288. The molecule has 0 radical (unpaired) electrons. The van der Waals surface area contributed by atoms with Gasteiger partial charge in [0, 0.05) is 92.2 Å². The summed E-state index contributed by atoms with van der Waals surface area (Å²) in [7, 11) is -2.41. The summed E-state index contributed by atoms with van der Waals surface area (Å²) in [6.07, 6.45) is 22.6. The van der Waals surface area contributed by atoms with Crippen LogP contribution < -0.4 is 21.8 Å². The number of thiophene rings is 6. The Balaban J connectivity index is 0.990. The van der Waals surface area contributed by atoms with Gasteiger partial charge in [0.25, 0.3) is 0 Å². The third-order valence-electron chi connectivity index (χ3n) is 16.8. The minimum atomic E-state index is -2.41. The Labute approximate surface area is 502 Å². The van der Waals surface area contributed by atoms with E-state index in [9.17, 15) is 0 Å². The van der Waals surface area contributed by atoms with Crippen molar-refractivity contribution in [2.45, 2.75) is 169 Å². The summed E-state index contributed by atoms with van der Waals surface area (Å²) >= 11 is 14.1. The first-order chi connectivity index (χ1) is 38.7. The van der Waals surface area contributed by atoms with E-state index in [4.69, 9.17) is 29.0 Å². The molecule has 79 heavy (non-hydrogen) atoms. The molecule has 2 unspecified atom stereocenters. The van der Waals surface area contributed by atoms with Crippen molar-refractivity contribution >= 4 is 143 Å². The number of hydrogen-bond donors (Lipinski definition) is 2. The van der Waals surface area contributed by atoms with Crippen molar-refractivity contribution < 1.29 is 0 Å². The van der Waals surface area contributed by atoms with Gasteiger partial charge in [0.15, 0.2) is 0 Å². The third-order valence-corrected chi connectivity index (χ3v) is 31.0. The maximum atomic E-state index is 7.29. The van der Waals surface area contributed by atoms with Crippen LogP contribution in [0.1, 0.15) is 154 Å². The molecule has 0 bridgehead atoms. The molecule has 1 aliphatic heterocycles. The Hall–Kier alpha value is -3.90. The van der Waals surface area contributed by atoms with Gasteiger partial charge in [0.2, 0.25) is 0 Å². The number of rotatable bonds is 28. The minimum absolute atomic E-state index is 0.666. The molecule has 1 aliphatic rings. The Morgan fingerprint density at radius 2 is 0.797 bits per heavy atom. The monoisotopic (exact) mass is 1210 g/mol. The minimum Gasteiger partial charge on any atom is -0.398 e. The van der Waals surface area contributed by atoms with Crippen molar-refractivity contribution in [3.63, 3.8) is 0 Å². The third kappa shape index (κ3) is 11.6. The van der Waals surface area contributed by atoms with Crippen molar-refractivity contribution in [1.29, 1.82) is 0 Å². The Morgan fingerprint density at radius 3 is 1.22 bits per heavy atom. The molecule has 9 heterocycles. The highest BCUT2D eigenvalue weighted by Gasteiger charge is 2.50. The van der Waals surface area contributed by atoms with Crippen LogP contribution in [0.2, 0.25) is 12.1 Å². The fourth-order valence-corrected chi connectivity index (χ4v) is 28.4. The number of nitrogens with zero attached hydrogens (tertiary/aromatic N) is 4. The van der Waals surface area contributed by atoms with Gasteiger partial charge in [0.05, 0.1) is 23.5 Å². The SMILES string of the molecule is CCCCCCc1ccc(-c2ccc(-c3c(N)cc(-c4cc5c(s4)-c4sc(-c6cc(N)c(-c7ccc(-c8ccc(CCCCCC)s8)s7)c7nsnc67)cc4[Si]5(CC(CC)CCCC)CC(CC)CCCC)c4nsnc34)s2)s1. The summed E-state index contributed by atoms with van der Waals surface area (Å²) in [5.74, 6) is 1.33. The number of nitrogens with two attached hydrogens (primary N) is 2. The number of unbranched alkanes of at least 4 members (excludes halogenated alkanes) is 8. The van der Waals surface area contributed by atoms with E-state index in [1.807, 2.05) is 68.0 Å². The fraction of sp³-hybridized carbons (Fsp3) is 0.438. The first-order valence-corrected chi connectivity index (χ1v) is 38.2. The number of benzene rings is 2. The zero-order chi connectivity index (χ0) is 54.6. The van der Waals surface area contributed by atoms with Crippen LogP contribution >= 0.6 is 91.5 Å². The second kappa shape index (κ2) is 25.7. The van der Waals surface area contributed by atoms with Crippen LogP contribution in [0.3, 0.4) is 0 Å². The highest BCUT2D eigenvalue weighted by molar-refractivity contribution is 7.32. The average Bonchev–Trinajstić information content (AvgIpc) is 3.70. The van der Waals surface area contributed by atoms with Crippen LogP contribution in [-0.2, 0) is 12.8 Å². The van der Waals surface area contributed by atoms with Gasteiger partial charge in [-0.25, -0.2) is 0 Å². The van der Waals surface area contributed by atoms with Crippen LogP contribution in [0.4, 0.5) is 11.4 Å². The first kappa shape index (κ1) is 56.9. The van der Waals surface area contributed by atoms with E-state index in [0.717, 1.165) is 78.3 Å². The standard InChI is InChI=1S/C64H76N6S8Si/c1-7-13-17-19-23-41-25-27-47(71-41)49-29-31-51(73-49)57-45(65)33-43(59-61(57)69-77-67-59)53-35-55-63(75-53)64-56(79(55,37-39(11-5)21-15-9-3)38-40(12-6)22-16-10-4)36-54(76-64)44-34-46(66)58(62-60(44)68-78-70-62)52-32-30-50(74-52)48-28-26-42(72-48)24-20-18-14-8-2/h25-36,39-40H,7-24,37-38,65-66H2,1-6H3. The largest absolute Gasteiger partial charge is 0.398 e. The summed E-state index contributed by atoms with van der Waals surface area (Å²) in [6, 6.07) is 30.6. The lowest BCUT2D eigenvalue weighted by Crippen LogP contribution is -2.56. The lowest BCUT2D eigenvalue weighted by atomic mass is 10.0. The smallest absolute Gasteiger partial charge is 0.122 e. The van der Waals surface area contributed by atoms with E-state index in [2.05, 4.69) is 114 Å². The highest BCUT2D eigenvalue weighted by atomic mass is 32.1. The maximum Gasteiger partial charge on any atom is 0.122 e. The number of aromatic nitrogens is 4. The number of fused-ring (bicyclic) bond motifs is 5. The predicted molar refractivity (Wildman–Crippen MR) is 359 cm³/mol. The maximum absolute atomic E-state index is 7.29. The van der Waals surface area contributed by atoms with Crippen molar-refractivity contribution in [3.05, 3.63) is 82.6 Å². The molecule has 2 atom stereocenters. The molecule has 10 aromatic rings. The normalized spacial score (nSPS) is 13.8. The number of aryl methyl sites for hydroxylation is 2.